The van der Waals surface area contributed by atoms with Gasteiger partial charge in [-0.05, 0) is 44.6 Å². The average molecular weight is 316 g/mol. The Bertz CT molecular complexity index is 654. The topological polar surface area (TPSA) is 22.6 Å². The van der Waals surface area contributed by atoms with Crippen LogP contribution < -0.4 is 4.90 Å². The van der Waals surface area contributed by atoms with Gasteiger partial charge in [-0.3, -0.25) is 4.90 Å². The molecule has 0 amide bonds. The van der Waals surface area contributed by atoms with E-state index in [0.29, 0.717) is 0 Å². The molecule has 2 aliphatic rings. The summed E-state index contributed by atoms with van der Waals surface area (Å²) in [7, 11) is 4.23. The van der Waals surface area contributed by atoms with Crippen molar-refractivity contribution in [3.8, 4) is 0 Å². The third-order valence-electron chi connectivity index (χ3n) is 4.59. The van der Waals surface area contributed by atoms with Gasteiger partial charge in [0.15, 0.2) is 5.13 Å². The lowest BCUT2D eigenvalue weighted by Crippen LogP contribution is -2.47. The first-order valence-electron chi connectivity index (χ1n) is 8.22. The number of aromatic nitrogens is 1. The van der Waals surface area contributed by atoms with Crippen LogP contribution >= 0.6 is 11.3 Å². The average Bonchev–Trinajstić information content (AvgIpc) is 3.26. The number of hydrogen-bond acceptors (Lipinski definition) is 5. The van der Waals surface area contributed by atoms with Gasteiger partial charge in [-0.2, -0.15) is 0 Å². The van der Waals surface area contributed by atoms with Crippen molar-refractivity contribution in [2.75, 3.05) is 45.2 Å². The second-order valence-electron chi connectivity index (χ2n) is 6.79. The highest BCUT2D eigenvalue weighted by Crippen LogP contribution is 2.32. The van der Waals surface area contributed by atoms with Gasteiger partial charge < -0.3 is 9.80 Å². The molecule has 4 nitrogen and oxygen atoms in total. The number of hydrogen-bond donors (Lipinski definition) is 0. The van der Waals surface area contributed by atoms with Gasteiger partial charge in [0.25, 0.3) is 0 Å². The zero-order chi connectivity index (χ0) is 15.1. The van der Waals surface area contributed by atoms with Crippen LogP contribution in [0.1, 0.15) is 18.4 Å². The molecular formula is C17H24N4S. The third kappa shape index (κ3) is 2.98. The minimum atomic E-state index is 0.895. The molecule has 0 unspecified atom stereocenters. The highest BCUT2D eigenvalue weighted by molar-refractivity contribution is 7.22. The standard InChI is InChI=1S/C17H24N4S/c1-19(2)12-13-3-6-15-16(11-13)22-17(18-15)21-9-7-20(8-10-21)14-4-5-14/h3,6,11,14H,4-5,7-10,12H2,1-2H3. The highest BCUT2D eigenvalue weighted by atomic mass is 32.1. The first-order chi connectivity index (χ1) is 10.7. The van der Waals surface area contributed by atoms with Gasteiger partial charge in [0, 0.05) is 38.8 Å². The van der Waals surface area contributed by atoms with E-state index in [4.69, 9.17) is 4.98 Å². The fourth-order valence-corrected chi connectivity index (χ4v) is 4.35. The predicted molar refractivity (Wildman–Crippen MR) is 93.8 cm³/mol. The molecule has 1 aliphatic carbocycles. The number of benzene rings is 1. The molecule has 2 fully saturated rings. The van der Waals surface area contributed by atoms with E-state index in [-0.39, 0.29) is 0 Å². The van der Waals surface area contributed by atoms with E-state index in [0.717, 1.165) is 31.2 Å². The normalized spacial score (nSPS) is 20.2. The zero-order valence-corrected chi connectivity index (χ0v) is 14.3. The molecule has 0 spiro atoms. The Balaban J connectivity index is 1.49. The van der Waals surface area contributed by atoms with E-state index in [1.807, 2.05) is 11.3 Å². The fourth-order valence-electron chi connectivity index (χ4n) is 3.27. The molecule has 2 aromatic rings. The van der Waals surface area contributed by atoms with Crippen LogP contribution in [0.25, 0.3) is 10.2 Å². The van der Waals surface area contributed by atoms with Gasteiger partial charge in [-0.1, -0.05) is 17.4 Å². The van der Waals surface area contributed by atoms with E-state index < -0.39 is 0 Å². The lowest BCUT2D eigenvalue weighted by molar-refractivity contribution is 0.248. The van der Waals surface area contributed by atoms with Crippen LogP contribution in [0, 0.1) is 0 Å². The van der Waals surface area contributed by atoms with Crippen LogP contribution in [-0.2, 0) is 6.54 Å². The van der Waals surface area contributed by atoms with Crippen molar-refractivity contribution < 1.29 is 0 Å². The van der Waals surface area contributed by atoms with Gasteiger partial charge in [-0.25, -0.2) is 4.98 Å². The fraction of sp³-hybridized carbons (Fsp3) is 0.588. The first-order valence-corrected chi connectivity index (χ1v) is 9.04. The van der Waals surface area contributed by atoms with E-state index in [2.05, 4.69) is 47.0 Å². The van der Waals surface area contributed by atoms with E-state index in [1.165, 1.54) is 41.3 Å². The van der Waals surface area contributed by atoms with Crippen LogP contribution in [-0.4, -0.2) is 61.1 Å². The first kappa shape index (κ1) is 14.4. The lowest BCUT2D eigenvalue weighted by atomic mass is 10.2. The Hall–Kier alpha value is -1.17. The summed E-state index contributed by atoms with van der Waals surface area (Å²) in [5, 5.41) is 1.20. The Morgan fingerprint density at radius 3 is 2.64 bits per heavy atom. The molecule has 118 valence electrons. The van der Waals surface area contributed by atoms with Crippen LogP contribution in [0.3, 0.4) is 0 Å². The monoisotopic (exact) mass is 316 g/mol. The smallest absolute Gasteiger partial charge is 0.186 e. The van der Waals surface area contributed by atoms with Crippen molar-refractivity contribution >= 4 is 26.7 Å². The van der Waals surface area contributed by atoms with Gasteiger partial charge in [0.1, 0.15) is 0 Å². The van der Waals surface area contributed by atoms with Gasteiger partial charge in [0.2, 0.25) is 0 Å². The maximum atomic E-state index is 4.85. The number of nitrogens with zero attached hydrogens (tertiary/aromatic N) is 4. The molecule has 4 rings (SSSR count). The molecule has 1 aromatic heterocycles. The largest absolute Gasteiger partial charge is 0.345 e. The van der Waals surface area contributed by atoms with Crippen LogP contribution in [0.2, 0.25) is 0 Å². The van der Waals surface area contributed by atoms with E-state index in [1.54, 1.807) is 0 Å². The van der Waals surface area contributed by atoms with Crippen molar-refractivity contribution in [3.63, 3.8) is 0 Å². The van der Waals surface area contributed by atoms with Gasteiger partial charge in [-0.15, -0.1) is 0 Å². The highest BCUT2D eigenvalue weighted by Gasteiger charge is 2.31. The molecule has 2 heterocycles. The van der Waals surface area contributed by atoms with Crippen molar-refractivity contribution in [2.45, 2.75) is 25.4 Å². The maximum Gasteiger partial charge on any atom is 0.186 e. The summed E-state index contributed by atoms with van der Waals surface area (Å²) >= 11 is 1.85. The molecule has 5 heteroatoms. The number of anilines is 1. The number of thiazole rings is 1. The van der Waals surface area contributed by atoms with Crippen LogP contribution in [0.5, 0.6) is 0 Å². The third-order valence-corrected chi connectivity index (χ3v) is 5.67. The summed E-state index contributed by atoms with van der Waals surface area (Å²) in [5.74, 6) is 0. The Labute approximate surface area is 136 Å². The summed E-state index contributed by atoms with van der Waals surface area (Å²) < 4.78 is 1.32. The van der Waals surface area contributed by atoms with Crippen LogP contribution in [0.15, 0.2) is 18.2 Å². The predicted octanol–water partition coefficient (Wildman–Crippen LogP) is 2.64. The minimum absolute atomic E-state index is 0.895. The molecule has 1 aromatic carbocycles. The van der Waals surface area contributed by atoms with Crippen molar-refractivity contribution in [2.24, 2.45) is 0 Å². The molecule has 1 saturated heterocycles. The van der Waals surface area contributed by atoms with Crippen LogP contribution in [0.4, 0.5) is 5.13 Å². The van der Waals surface area contributed by atoms with E-state index in [9.17, 15) is 0 Å². The lowest BCUT2D eigenvalue weighted by Gasteiger charge is -2.34. The number of piperazine rings is 1. The number of rotatable bonds is 4. The Morgan fingerprint density at radius 2 is 1.95 bits per heavy atom. The zero-order valence-electron chi connectivity index (χ0n) is 13.5. The molecule has 0 bridgehead atoms. The van der Waals surface area contributed by atoms with Gasteiger partial charge >= 0.3 is 0 Å². The summed E-state index contributed by atoms with van der Waals surface area (Å²) in [6.45, 7) is 5.64. The summed E-state index contributed by atoms with van der Waals surface area (Å²) in [4.78, 5) is 12.2. The van der Waals surface area contributed by atoms with Crippen molar-refractivity contribution in [1.29, 1.82) is 0 Å². The molecule has 0 N–H and O–H groups in total. The number of fused-ring (bicyclic) bond motifs is 1. The summed E-state index contributed by atoms with van der Waals surface area (Å²) in [6.07, 6.45) is 2.82. The SMILES string of the molecule is CN(C)Cc1ccc2nc(N3CCN(C4CC4)CC3)sc2c1. The van der Waals surface area contributed by atoms with Gasteiger partial charge in [0.05, 0.1) is 10.2 Å². The molecule has 0 radical (unpaired) electrons. The van der Waals surface area contributed by atoms with E-state index >= 15 is 0 Å². The Morgan fingerprint density at radius 1 is 1.18 bits per heavy atom. The molecule has 0 atom stereocenters. The molecular weight excluding hydrogens is 292 g/mol. The maximum absolute atomic E-state index is 4.85. The Kier molecular flexibility index (Phi) is 3.80. The summed E-state index contributed by atoms with van der Waals surface area (Å²) in [6, 6.07) is 7.58. The quantitative estimate of drug-likeness (QED) is 0.865. The molecule has 22 heavy (non-hydrogen) atoms. The second-order valence-corrected chi connectivity index (χ2v) is 7.80. The molecule has 1 saturated carbocycles. The summed E-state index contributed by atoms with van der Waals surface area (Å²) in [5.41, 5.74) is 2.51. The minimum Gasteiger partial charge on any atom is -0.345 e. The van der Waals surface area contributed by atoms with Crippen molar-refractivity contribution in [3.05, 3.63) is 23.8 Å². The van der Waals surface area contributed by atoms with Crippen molar-refractivity contribution in [1.82, 2.24) is 14.8 Å². The second kappa shape index (κ2) is 5.80. The molecule has 1 aliphatic heterocycles.